The molecule has 1 saturated heterocycles. The van der Waals surface area contributed by atoms with Crippen LogP contribution in [0.1, 0.15) is 46.5 Å². The molecule has 1 heterocycles. The molecule has 5 heteroatoms. The molecular formula is C24H37N3O2. The highest BCUT2D eigenvalue weighted by Crippen LogP contribution is 2.49. The van der Waals surface area contributed by atoms with Crippen molar-refractivity contribution in [2.24, 2.45) is 17.8 Å². The van der Waals surface area contributed by atoms with Crippen LogP contribution in [0.2, 0.25) is 0 Å². The van der Waals surface area contributed by atoms with E-state index in [1.807, 2.05) is 19.1 Å². The second-order valence-electron chi connectivity index (χ2n) is 9.24. The van der Waals surface area contributed by atoms with E-state index >= 15 is 0 Å². The molecule has 5 nitrogen and oxygen atoms in total. The van der Waals surface area contributed by atoms with Gasteiger partial charge in [-0.25, -0.2) is 0 Å². The maximum atomic E-state index is 12.9. The lowest BCUT2D eigenvalue weighted by atomic mass is 9.84. The summed E-state index contributed by atoms with van der Waals surface area (Å²) in [5.74, 6) is 3.61. The van der Waals surface area contributed by atoms with Crippen molar-refractivity contribution >= 4 is 11.6 Å². The highest BCUT2D eigenvalue weighted by Gasteiger charge is 2.42. The number of hydrogen-bond donors (Lipinski definition) is 1. The molecule has 29 heavy (non-hydrogen) atoms. The highest BCUT2D eigenvalue weighted by molar-refractivity contribution is 5.81. The van der Waals surface area contributed by atoms with Gasteiger partial charge in [-0.3, -0.25) is 9.69 Å². The van der Waals surface area contributed by atoms with Crippen LogP contribution >= 0.6 is 0 Å². The van der Waals surface area contributed by atoms with Crippen LogP contribution in [0.15, 0.2) is 24.3 Å². The molecule has 1 aromatic carbocycles. The van der Waals surface area contributed by atoms with Gasteiger partial charge in [-0.15, -0.1) is 0 Å². The van der Waals surface area contributed by atoms with E-state index in [0.717, 1.165) is 49.5 Å². The van der Waals surface area contributed by atoms with Crippen LogP contribution in [0, 0.1) is 17.8 Å². The lowest BCUT2D eigenvalue weighted by molar-refractivity contribution is -0.127. The molecule has 2 aliphatic carbocycles. The lowest BCUT2D eigenvalue weighted by Crippen LogP contribution is -2.55. The van der Waals surface area contributed by atoms with Gasteiger partial charge < -0.3 is 15.0 Å². The molecular weight excluding hydrogens is 362 g/mol. The average Bonchev–Trinajstić information content (AvgIpc) is 3.38. The number of amides is 1. The SMILES string of the molecule is CCOc1ccccc1N1CCN([C@H](C)C(=O)N[C@H](C)[C@H]2C[C@H]3CC[C@H]2C3)CC1. The number of benzene rings is 1. The average molecular weight is 400 g/mol. The van der Waals surface area contributed by atoms with Gasteiger partial charge in [0, 0.05) is 32.2 Å². The first kappa shape index (κ1) is 20.5. The van der Waals surface area contributed by atoms with Gasteiger partial charge in [-0.1, -0.05) is 18.6 Å². The highest BCUT2D eigenvalue weighted by atomic mass is 16.5. The molecule has 0 aromatic heterocycles. The summed E-state index contributed by atoms with van der Waals surface area (Å²) in [4.78, 5) is 17.6. The lowest BCUT2D eigenvalue weighted by Gasteiger charge is -2.39. The molecule has 1 amide bonds. The fourth-order valence-electron chi connectivity index (χ4n) is 5.87. The number of fused-ring (bicyclic) bond motifs is 2. The Morgan fingerprint density at radius 2 is 1.90 bits per heavy atom. The van der Waals surface area contributed by atoms with E-state index in [0.29, 0.717) is 18.6 Å². The number of nitrogens with zero attached hydrogens (tertiary/aromatic N) is 2. The number of rotatable bonds is 7. The Hall–Kier alpha value is -1.75. The number of nitrogens with one attached hydrogen (secondary N) is 1. The minimum absolute atomic E-state index is 0.0691. The Kier molecular flexibility index (Phi) is 6.33. The van der Waals surface area contributed by atoms with E-state index in [-0.39, 0.29) is 11.9 Å². The molecule has 3 aliphatic rings. The minimum atomic E-state index is -0.0691. The normalized spacial score (nSPS) is 28.9. The van der Waals surface area contributed by atoms with Crippen LogP contribution in [-0.4, -0.2) is 55.7 Å². The number of para-hydroxylation sites is 2. The molecule has 160 valence electrons. The number of hydrogen-bond acceptors (Lipinski definition) is 4. The van der Waals surface area contributed by atoms with E-state index in [1.165, 1.54) is 25.7 Å². The molecule has 1 N–H and O–H groups in total. The van der Waals surface area contributed by atoms with Crippen LogP contribution in [0.5, 0.6) is 5.75 Å². The van der Waals surface area contributed by atoms with Crippen molar-refractivity contribution in [1.29, 1.82) is 0 Å². The van der Waals surface area contributed by atoms with Crippen LogP contribution in [0.3, 0.4) is 0 Å². The van der Waals surface area contributed by atoms with Gasteiger partial charge in [0.15, 0.2) is 0 Å². The molecule has 1 aromatic rings. The largest absolute Gasteiger partial charge is 0.492 e. The van der Waals surface area contributed by atoms with Crippen molar-refractivity contribution in [3.8, 4) is 5.75 Å². The summed E-state index contributed by atoms with van der Waals surface area (Å²) in [7, 11) is 0. The first-order valence-corrected chi connectivity index (χ1v) is 11.6. The summed E-state index contributed by atoms with van der Waals surface area (Å²) in [6, 6.07) is 8.50. The molecule has 4 rings (SSSR count). The molecule has 0 unspecified atom stereocenters. The van der Waals surface area contributed by atoms with Gasteiger partial charge in [-0.2, -0.15) is 0 Å². The number of piperazine rings is 1. The summed E-state index contributed by atoms with van der Waals surface area (Å²) in [5, 5.41) is 3.36. The Bertz CT molecular complexity index is 701. The maximum absolute atomic E-state index is 12.9. The van der Waals surface area contributed by atoms with Gasteiger partial charge in [0.25, 0.3) is 0 Å². The third-order valence-electron chi connectivity index (χ3n) is 7.55. The topological polar surface area (TPSA) is 44.8 Å². The van der Waals surface area contributed by atoms with Crippen molar-refractivity contribution in [2.45, 2.75) is 58.5 Å². The van der Waals surface area contributed by atoms with E-state index < -0.39 is 0 Å². The summed E-state index contributed by atoms with van der Waals surface area (Å²) in [5.41, 5.74) is 1.16. The first-order valence-electron chi connectivity index (χ1n) is 11.6. The van der Waals surface area contributed by atoms with E-state index in [4.69, 9.17) is 4.74 Å². The quantitative estimate of drug-likeness (QED) is 0.762. The summed E-state index contributed by atoms with van der Waals surface area (Å²) >= 11 is 0. The summed E-state index contributed by atoms with van der Waals surface area (Å²) in [6.45, 7) is 10.6. The maximum Gasteiger partial charge on any atom is 0.237 e. The second-order valence-corrected chi connectivity index (χ2v) is 9.24. The zero-order valence-electron chi connectivity index (χ0n) is 18.3. The van der Waals surface area contributed by atoms with Crippen LogP contribution in [-0.2, 0) is 4.79 Å². The van der Waals surface area contributed by atoms with Crippen molar-refractivity contribution in [3.05, 3.63) is 24.3 Å². The standard InChI is InChI=1S/C24H37N3O2/c1-4-29-23-8-6-5-7-22(23)27-13-11-26(12-14-27)18(3)24(28)25-17(2)21-16-19-9-10-20(21)15-19/h5-8,17-21H,4,9-16H2,1-3H3,(H,25,28)/t17-,18-,19+,20+,21-/m1/s1. The number of carbonyl (C=O) groups excluding carboxylic acids is 1. The minimum Gasteiger partial charge on any atom is -0.492 e. The molecule has 1 aliphatic heterocycles. The zero-order valence-corrected chi connectivity index (χ0v) is 18.3. The van der Waals surface area contributed by atoms with Crippen LogP contribution < -0.4 is 15.0 Å². The molecule has 3 fully saturated rings. The van der Waals surface area contributed by atoms with Gasteiger partial charge >= 0.3 is 0 Å². The fraction of sp³-hybridized carbons (Fsp3) is 0.708. The first-order chi connectivity index (χ1) is 14.1. The second kappa shape index (κ2) is 8.95. The molecule has 0 radical (unpaired) electrons. The van der Waals surface area contributed by atoms with Crippen LogP contribution in [0.4, 0.5) is 5.69 Å². The van der Waals surface area contributed by atoms with Gasteiger partial charge in [0.2, 0.25) is 5.91 Å². The number of carbonyl (C=O) groups is 1. The van der Waals surface area contributed by atoms with Gasteiger partial charge in [0.05, 0.1) is 18.3 Å². The molecule has 2 saturated carbocycles. The molecule has 5 atom stereocenters. The van der Waals surface area contributed by atoms with E-state index in [9.17, 15) is 4.79 Å². The zero-order chi connectivity index (χ0) is 20.4. The smallest absolute Gasteiger partial charge is 0.237 e. The number of anilines is 1. The Labute approximate surface area is 175 Å². The third-order valence-corrected chi connectivity index (χ3v) is 7.55. The fourth-order valence-corrected chi connectivity index (χ4v) is 5.87. The van der Waals surface area contributed by atoms with Crippen molar-refractivity contribution < 1.29 is 9.53 Å². The van der Waals surface area contributed by atoms with Crippen molar-refractivity contribution in [3.63, 3.8) is 0 Å². The van der Waals surface area contributed by atoms with Crippen LogP contribution in [0.25, 0.3) is 0 Å². The van der Waals surface area contributed by atoms with E-state index in [2.05, 4.69) is 41.1 Å². The molecule has 0 spiro atoms. The third kappa shape index (κ3) is 4.40. The Morgan fingerprint density at radius 3 is 2.55 bits per heavy atom. The summed E-state index contributed by atoms with van der Waals surface area (Å²) < 4.78 is 5.80. The Morgan fingerprint density at radius 1 is 1.14 bits per heavy atom. The predicted octanol–water partition coefficient (Wildman–Crippen LogP) is 3.54. The summed E-state index contributed by atoms with van der Waals surface area (Å²) in [6.07, 6.45) is 5.50. The molecule has 2 bridgehead atoms. The Balaban J connectivity index is 1.28. The van der Waals surface area contributed by atoms with E-state index in [1.54, 1.807) is 0 Å². The van der Waals surface area contributed by atoms with Gasteiger partial charge in [0.1, 0.15) is 5.75 Å². The van der Waals surface area contributed by atoms with Crippen molar-refractivity contribution in [1.82, 2.24) is 10.2 Å². The predicted molar refractivity (Wildman–Crippen MR) is 117 cm³/mol. The monoisotopic (exact) mass is 399 g/mol. The number of ether oxygens (including phenoxy) is 1. The van der Waals surface area contributed by atoms with Gasteiger partial charge in [-0.05, 0) is 69.9 Å². The van der Waals surface area contributed by atoms with Crippen molar-refractivity contribution in [2.75, 3.05) is 37.7 Å².